The first-order valence-electron chi connectivity index (χ1n) is 32.1. The molecule has 2 aliphatic heterocycles. The number of aromatic nitrogens is 6. The normalized spacial score (nSPS) is 12.4. The molecule has 442 valence electrons. The Hall–Kier alpha value is -12.8. The maximum atomic E-state index is 6.83. The van der Waals surface area contributed by atoms with E-state index in [2.05, 4.69) is 269 Å². The molecule has 2 aliphatic rings. The van der Waals surface area contributed by atoms with E-state index in [1.54, 1.807) is 0 Å². The van der Waals surface area contributed by atoms with E-state index in [-0.39, 0.29) is 6.71 Å². The third-order valence-electron chi connectivity index (χ3n) is 18.8. The molecule has 95 heavy (non-hydrogen) atoms. The van der Waals surface area contributed by atoms with Crippen molar-refractivity contribution < 1.29 is 4.42 Å². The molecule has 6 heterocycles. The number of furan rings is 1. The molecule has 17 aromatic rings. The second-order valence-electron chi connectivity index (χ2n) is 24.3. The van der Waals surface area contributed by atoms with Gasteiger partial charge in [0.1, 0.15) is 11.2 Å². The molecule has 0 saturated heterocycles. The number of hydrogen-bond donors (Lipinski definition) is 0. The van der Waals surface area contributed by atoms with Crippen molar-refractivity contribution in [2.75, 3.05) is 9.80 Å². The van der Waals surface area contributed by atoms with E-state index >= 15 is 0 Å². The molecular weight excluding hydrogens is 1160 g/mol. The monoisotopic (exact) mass is 1210 g/mol. The molecule has 4 aromatic heterocycles. The fourth-order valence-electron chi connectivity index (χ4n) is 14.6. The number of nitrogens with zero attached hydrogens (tertiary/aromatic N) is 8. The lowest BCUT2D eigenvalue weighted by Gasteiger charge is -2.44. The fraction of sp³-hybridized carbons (Fsp3) is 0. The number of hydrogen-bond acceptors (Lipinski definition) is 8. The molecule has 0 atom stereocenters. The summed E-state index contributed by atoms with van der Waals surface area (Å²) in [6.07, 6.45) is 0. The number of fused-ring (bicyclic) bond motifs is 11. The van der Waals surface area contributed by atoms with Gasteiger partial charge in [-0.1, -0.05) is 231 Å². The topological polar surface area (TPSA) is 89.0 Å². The van der Waals surface area contributed by atoms with Crippen LogP contribution in [0.5, 0.6) is 0 Å². The van der Waals surface area contributed by atoms with E-state index in [0.29, 0.717) is 23.3 Å². The lowest BCUT2D eigenvalue weighted by atomic mass is 9.33. The van der Waals surface area contributed by atoms with Gasteiger partial charge in [0.2, 0.25) is 0 Å². The van der Waals surface area contributed by atoms with E-state index in [0.717, 1.165) is 128 Å². The van der Waals surface area contributed by atoms with Crippen molar-refractivity contribution in [1.29, 1.82) is 0 Å². The largest absolute Gasteiger partial charge is 0.455 e. The zero-order valence-corrected chi connectivity index (χ0v) is 51.2. The highest BCUT2D eigenvalue weighted by molar-refractivity contribution is 7.00. The quantitative estimate of drug-likeness (QED) is 0.125. The van der Waals surface area contributed by atoms with E-state index in [4.69, 9.17) is 29.3 Å². The summed E-state index contributed by atoms with van der Waals surface area (Å²) in [7, 11) is 0. The van der Waals surface area contributed by atoms with Crippen LogP contribution >= 0.6 is 0 Å². The number of anilines is 6. The molecule has 0 fully saturated rings. The zero-order chi connectivity index (χ0) is 62.5. The zero-order valence-electron chi connectivity index (χ0n) is 51.2. The molecule has 0 saturated carbocycles. The Labute approximate surface area is 547 Å². The second-order valence-corrected chi connectivity index (χ2v) is 24.3. The van der Waals surface area contributed by atoms with E-state index in [9.17, 15) is 0 Å². The van der Waals surface area contributed by atoms with Crippen LogP contribution in [-0.4, -0.2) is 36.2 Å². The Morgan fingerprint density at radius 1 is 0.284 bits per heavy atom. The van der Waals surface area contributed by atoms with Crippen LogP contribution in [0.1, 0.15) is 0 Å². The predicted molar refractivity (Wildman–Crippen MR) is 389 cm³/mol. The highest BCUT2D eigenvalue weighted by Crippen LogP contribution is 2.48. The third kappa shape index (κ3) is 8.91. The van der Waals surface area contributed by atoms with Crippen LogP contribution < -0.4 is 26.2 Å². The molecule has 19 rings (SSSR count). The van der Waals surface area contributed by atoms with Gasteiger partial charge in [-0.3, -0.25) is 0 Å². The van der Waals surface area contributed by atoms with Gasteiger partial charge < -0.3 is 18.8 Å². The molecule has 0 radical (unpaired) electrons. The van der Waals surface area contributed by atoms with Crippen LogP contribution in [0.3, 0.4) is 0 Å². The maximum absolute atomic E-state index is 6.83. The van der Waals surface area contributed by atoms with Gasteiger partial charge in [-0.05, 0) is 119 Å². The van der Waals surface area contributed by atoms with Gasteiger partial charge >= 0.3 is 0 Å². The summed E-state index contributed by atoms with van der Waals surface area (Å²) in [4.78, 5) is 31.9. The minimum Gasteiger partial charge on any atom is -0.455 e. The molecule has 0 unspecified atom stereocenters. The molecule has 0 spiro atoms. The standard InChI is InChI=1S/C85H53BN8O/c1-6-24-55(25-7-1)69-53-70(88-82(87-69)56-26-8-2-9-27-56)59-46-48-72(94-71-38-20-16-35-65(71)79-75(94)49-47-64-63-34-17-23-41-78(63)95-81(64)79)66(50-59)85-90-83(57-28-10-3-11-29-57)89-84(91-85)58-44-42-54(43-45-58)60-51-76-80-77(52-60)93(62-32-14-5-15-33-62)74-40-22-19-37-68(74)86(80)67-36-18-21-39-73(67)92(76)61-30-12-4-13-31-61/h1-53H. The van der Waals surface area contributed by atoms with Crippen molar-refractivity contribution in [3.8, 4) is 84.9 Å². The molecule has 0 aliphatic carbocycles. The molecule has 0 N–H and O–H groups in total. The van der Waals surface area contributed by atoms with Crippen molar-refractivity contribution in [1.82, 2.24) is 29.5 Å². The summed E-state index contributed by atoms with van der Waals surface area (Å²) in [6, 6.07) is 114. The third-order valence-corrected chi connectivity index (χ3v) is 18.8. The van der Waals surface area contributed by atoms with Crippen LogP contribution in [-0.2, 0) is 0 Å². The smallest absolute Gasteiger partial charge is 0.252 e. The van der Waals surface area contributed by atoms with Gasteiger partial charge in [0, 0.05) is 83.7 Å². The highest BCUT2D eigenvalue weighted by Gasteiger charge is 2.43. The van der Waals surface area contributed by atoms with Crippen molar-refractivity contribution in [3.63, 3.8) is 0 Å². The fourth-order valence-corrected chi connectivity index (χ4v) is 14.6. The van der Waals surface area contributed by atoms with Crippen molar-refractivity contribution >= 4 is 101 Å². The van der Waals surface area contributed by atoms with Crippen molar-refractivity contribution in [2.24, 2.45) is 0 Å². The van der Waals surface area contributed by atoms with Crippen LogP contribution in [0.25, 0.3) is 129 Å². The average molecular weight is 1210 g/mol. The molecular formula is C85H53BN8O. The lowest BCUT2D eigenvalue weighted by molar-refractivity contribution is 0.673. The minimum atomic E-state index is 0.00355. The first kappa shape index (κ1) is 54.0. The Morgan fingerprint density at radius 3 is 1.38 bits per heavy atom. The van der Waals surface area contributed by atoms with Gasteiger partial charge in [0.25, 0.3) is 6.71 Å². The first-order chi connectivity index (χ1) is 47.1. The highest BCUT2D eigenvalue weighted by atomic mass is 16.3. The summed E-state index contributed by atoms with van der Waals surface area (Å²) in [6.45, 7) is 0.00355. The second kappa shape index (κ2) is 22.0. The summed E-state index contributed by atoms with van der Waals surface area (Å²) in [5.74, 6) is 2.20. The Balaban J connectivity index is 0.819. The molecule has 0 amide bonds. The van der Waals surface area contributed by atoms with Crippen LogP contribution in [0.15, 0.2) is 326 Å². The van der Waals surface area contributed by atoms with Gasteiger partial charge in [0.15, 0.2) is 23.3 Å². The molecule has 0 bridgehead atoms. The summed E-state index contributed by atoms with van der Waals surface area (Å²) in [5.41, 5.74) is 24.1. The number of benzene rings is 13. The predicted octanol–water partition coefficient (Wildman–Crippen LogP) is 19.4. The van der Waals surface area contributed by atoms with Crippen LogP contribution in [0, 0.1) is 0 Å². The number of para-hydroxylation sites is 6. The lowest BCUT2D eigenvalue weighted by Crippen LogP contribution is -2.61. The van der Waals surface area contributed by atoms with Crippen molar-refractivity contribution in [3.05, 3.63) is 322 Å². The van der Waals surface area contributed by atoms with Gasteiger partial charge in [-0.15, -0.1) is 0 Å². The SMILES string of the molecule is c1ccc(-c2cc(-c3ccc(-n4c5ccccc5c5c6oc7ccccc7c6ccc54)c(-c4nc(-c5ccccc5)nc(-c5ccc(-c6cc7c8c(c6)N(c6ccccc6)c6ccccc6B8c6ccccc6N7c6ccccc6)cc5)n4)c3)nc(-c3ccccc3)n2)cc1. The Bertz CT molecular complexity index is 5690. The van der Waals surface area contributed by atoms with Crippen molar-refractivity contribution in [2.45, 2.75) is 0 Å². The molecule has 13 aromatic carbocycles. The molecule has 9 nitrogen and oxygen atoms in total. The summed E-state index contributed by atoms with van der Waals surface area (Å²) < 4.78 is 9.16. The van der Waals surface area contributed by atoms with Gasteiger partial charge in [-0.2, -0.15) is 0 Å². The van der Waals surface area contributed by atoms with E-state index in [1.807, 2.05) is 66.7 Å². The van der Waals surface area contributed by atoms with Gasteiger partial charge in [0.05, 0.1) is 33.5 Å². The Morgan fingerprint density at radius 2 is 0.758 bits per heavy atom. The maximum Gasteiger partial charge on any atom is 0.252 e. The van der Waals surface area contributed by atoms with Crippen LogP contribution in [0.4, 0.5) is 34.1 Å². The van der Waals surface area contributed by atoms with Crippen LogP contribution in [0.2, 0.25) is 0 Å². The van der Waals surface area contributed by atoms with E-state index in [1.165, 1.54) is 27.8 Å². The summed E-state index contributed by atoms with van der Waals surface area (Å²) in [5, 5.41) is 4.24. The Kier molecular flexibility index (Phi) is 12.5. The van der Waals surface area contributed by atoms with E-state index < -0.39 is 0 Å². The minimum absolute atomic E-state index is 0.00355. The molecule has 10 heteroatoms. The average Bonchev–Trinajstić information content (AvgIpc) is 1.59. The van der Waals surface area contributed by atoms with Gasteiger partial charge in [-0.25, -0.2) is 24.9 Å². The first-order valence-corrected chi connectivity index (χ1v) is 32.1. The number of rotatable bonds is 10. The summed E-state index contributed by atoms with van der Waals surface area (Å²) >= 11 is 0.